The van der Waals surface area contributed by atoms with Crippen LogP contribution in [0, 0.1) is 5.92 Å². The second kappa shape index (κ2) is 11.7. The predicted octanol–water partition coefficient (Wildman–Crippen LogP) is 5.99. The van der Waals surface area contributed by atoms with Crippen molar-refractivity contribution < 1.29 is 24.5 Å². The molecule has 0 aromatic heterocycles. The van der Waals surface area contributed by atoms with E-state index in [4.69, 9.17) is 14.9 Å². The first kappa shape index (κ1) is 23.8. The zero-order chi connectivity index (χ0) is 23.6. The Hall–Kier alpha value is -3.86. The highest BCUT2D eigenvalue weighted by Gasteiger charge is 2.10. The van der Waals surface area contributed by atoms with Gasteiger partial charge in [-0.3, -0.25) is 0 Å². The quantitative estimate of drug-likeness (QED) is 0.380. The minimum absolute atomic E-state index is 0.203. The number of carbonyl (C=O) groups is 2. The number of allylic oxidation sites excluding steroid dienone is 1. The fourth-order valence-corrected chi connectivity index (χ4v) is 3.66. The number of aromatic carboxylic acids is 2. The summed E-state index contributed by atoms with van der Waals surface area (Å²) in [6.07, 6.45) is 6.68. The lowest BCUT2D eigenvalue weighted by Gasteiger charge is -2.14. The maximum atomic E-state index is 11.1. The molecule has 0 bridgehead atoms. The van der Waals surface area contributed by atoms with E-state index in [1.807, 2.05) is 55.5 Å². The van der Waals surface area contributed by atoms with Gasteiger partial charge in [-0.15, -0.1) is 0 Å². The third-order valence-corrected chi connectivity index (χ3v) is 5.47. The van der Waals surface area contributed by atoms with Crippen molar-refractivity contribution in [3.8, 4) is 5.75 Å². The highest BCUT2D eigenvalue weighted by Crippen LogP contribution is 2.23. The highest BCUT2D eigenvalue weighted by atomic mass is 16.5. The van der Waals surface area contributed by atoms with E-state index in [2.05, 4.69) is 12.2 Å². The molecule has 33 heavy (non-hydrogen) atoms. The molecular formula is C28H28O5. The number of para-hydroxylation sites is 1. The standard InChI is InChI=1S/C28H28O5/c1-2-33-26-6-4-3-5-23(26)14-11-21(19-22-12-17-25(18-13-22)28(31)32)8-7-20-9-15-24(16-10-20)27(29)30/h3-6,9-18,21H,2,7-8,19H2,1H3,(H,29,30)(H,31,32). The van der Waals surface area contributed by atoms with E-state index >= 15 is 0 Å². The average Bonchev–Trinajstić information content (AvgIpc) is 2.82. The zero-order valence-corrected chi connectivity index (χ0v) is 18.6. The molecule has 3 aromatic rings. The maximum absolute atomic E-state index is 11.1. The Morgan fingerprint density at radius 1 is 0.848 bits per heavy atom. The normalized spacial score (nSPS) is 11.9. The van der Waals surface area contributed by atoms with Crippen LogP contribution in [0.2, 0.25) is 0 Å². The van der Waals surface area contributed by atoms with Crippen LogP contribution in [-0.4, -0.2) is 28.8 Å². The van der Waals surface area contributed by atoms with Gasteiger partial charge in [-0.2, -0.15) is 0 Å². The summed E-state index contributed by atoms with van der Waals surface area (Å²) in [6.45, 7) is 2.55. The van der Waals surface area contributed by atoms with Crippen molar-refractivity contribution in [3.05, 3.63) is 107 Å². The van der Waals surface area contributed by atoms with Crippen LogP contribution >= 0.6 is 0 Å². The van der Waals surface area contributed by atoms with Crippen molar-refractivity contribution in [2.75, 3.05) is 6.61 Å². The minimum atomic E-state index is -0.935. The first-order valence-corrected chi connectivity index (χ1v) is 11.0. The van der Waals surface area contributed by atoms with Crippen molar-refractivity contribution in [3.63, 3.8) is 0 Å². The molecule has 0 radical (unpaired) electrons. The number of hydrogen-bond acceptors (Lipinski definition) is 3. The van der Waals surface area contributed by atoms with Gasteiger partial charge in [0.25, 0.3) is 0 Å². The van der Waals surface area contributed by atoms with Crippen molar-refractivity contribution in [1.82, 2.24) is 0 Å². The first-order valence-electron chi connectivity index (χ1n) is 11.0. The van der Waals surface area contributed by atoms with E-state index in [0.29, 0.717) is 6.61 Å². The molecule has 0 heterocycles. The Bertz CT molecular complexity index is 1100. The van der Waals surface area contributed by atoms with Crippen molar-refractivity contribution >= 4 is 18.0 Å². The van der Waals surface area contributed by atoms with Gasteiger partial charge in [-0.25, -0.2) is 9.59 Å². The van der Waals surface area contributed by atoms with Crippen LogP contribution in [0.3, 0.4) is 0 Å². The number of hydrogen-bond donors (Lipinski definition) is 2. The van der Waals surface area contributed by atoms with Gasteiger partial charge in [0, 0.05) is 5.56 Å². The van der Waals surface area contributed by atoms with Crippen LogP contribution in [0.25, 0.3) is 6.08 Å². The molecule has 1 unspecified atom stereocenters. The lowest BCUT2D eigenvalue weighted by Crippen LogP contribution is -2.05. The molecule has 0 spiro atoms. The van der Waals surface area contributed by atoms with E-state index in [0.717, 1.165) is 41.7 Å². The fraction of sp³-hybridized carbons (Fsp3) is 0.214. The molecule has 5 heteroatoms. The van der Waals surface area contributed by atoms with Crippen molar-refractivity contribution in [2.45, 2.75) is 26.2 Å². The summed E-state index contributed by atoms with van der Waals surface area (Å²) in [5.74, 6) is -0.824. The molecule has 3 rings (SSSR count). The molecule has 3 aromatic carbocycles. The van der Waals surface area contributed by atoms with E-state index in [9.17, 15) is 9.59 Å². The summed E-state index contributed by atoms with van der Waals surface area (Å²) in [4.78, 5) is 22.2. The van der Waals surface area contributed by atoms with Crippen molar-refractivity contribution in [2.24, 2.45) is 5.92 Å². The van der Waals surface area contributed by atoms with E-state index in [1.54, 1.807) is 24.3 Å². The average molecular weight is 445 g/mol. The van der Waals surface area contributed by atoms with Crippen molar-refractivity contribution in [1.29, 1.82) is 0 Å². The number of ether oxygens (including phenoxy) is 1. The van der Waals surface area contributed by atoms with Gasteiger partial charge in [-0.1, -0.05) is 54.6 Å². The van der Waals surface area contributed by atoms with Gasteiger partial charge in [0.05, 0.1) is 17.7 Å². The number of carboxylic acids is 2. The summed E-state index contributed by atoms with van der Waals surface area (Å²) in [6, 6.07) is 21.9. The van der Waals surface area contributed by atoms with Gasteiger partial charge < -0.3 is 14.9 Å². The molecule has 1 atom stereocenters. The van der Waals surface area contributed by atoms with Crippen LogP contribution in [0.1, 0.15) is 50.8 Å². The Morgan fingerprint density at radius 2 is 1.42 bits per heavy atom. The summed E-state index contributed by atoms with van der Waals surface area (Å²) in [5.41, 5.74) is 3.70. The molecule has 0 saturated carbocycles. The van der Waals surface area contributed by atoms with Gasteiger partial charge in [-0.05, 0) is 73.6 Å². The third-order valence-electron chi connectivity index (χ3n) is 5.47. The Balaban J connectivity index is 1.77. The molecule has 2 N–H and O–H groups in total. The smallest absolute Gasteiger partial charge is 0.335 e. The summed E-state index contributed by atoms with van der Waals surface area (Å²) < 4.78 is 5.73. The number of aryl methyl sites for hydroxylation is 1. The largest absolute Gasteiger partial charge is 0.493 e. The number of rotatable bonds is 11. The van der Waals surface area contributed by atoms with E-state index < -0.39 is 11.9 Å². The summed E-state index contributed by atoms with van der Waals surface area (Å²) in [7, 11) is 0. The third kappa shape index (κ3) is 7.07. The second-order valence-corrected chi connectivity index (χ2v) is 7.84. The van der Waals surface area contributed by atoms with Crippen LogP contribution in [0.4, 0.5) is 0 Å². The Kier molecular flexibility index (Phi) is 8.42. The molecule has 170 valence electrons. The lowest BCUT2D eigenvalue weighted by atomic mass is 9.91. The van der Waals surface area contributed by atoms with Gasteiger partial charge in [0.2, 0.25) is 0 Å². The highest BCUT2D eigenvalue weighted by molar-refractivity contribution is 5.88. The molecule has 0 aliphatic heterocycles. The SMILES string of the molecule is CCOc1ccccc1C=CC(CCc1ccc(C(=O)O)cc1)Cc1ccc(C(=O)O)cc1. The van der Waals surface area contributed by atoms with Crippen LogP contribution in [0.15, 0.2) is 78.9 Å². The number of benzene rings is 3. The molecular weight excluding hydrogens is 416 g/mol. The summed E-state index contributed by atoms with van der Waals surface area (Å²) in [5, 5.41) is 18.2. The van der Waals surface area contributed by atoms with E-state index in [-0.39, 0.29) is 17.0 Å². The first-order chi connectivity index (χ1) is 16.0. The molecule has 5 nitrogen and oxygen atoms in total. The molecule has 0 amide bonds. The van der Waals surface area contributed by atoms with Gasteiger partial charge in [0.1, 0.15) is 5.75 Å². The Labute approximate surface area is 194 Å². The van der Waals surface area contributed by atoms with E-state index in [1.165, 1.54) is 0 Å². The molecule has 0 saturated heterocycles. The summed E-state index contributed by atoms with van der Waals surface area (Å²) >= 11 is 0. The lowest BCUT2D eigenvalue weighted by molar-refractivity contribution is 0.0686. The fourth-order valence-electron chi connectivity index (χ4n) is 3.66. The molecule has 0 fully saturated rings. The molecule has 0 aliphatic carbocycles. The maximum Gasteiger partial charge on any atom is 0.335 e. The predicted molar refractivity (Wildman–Crippen MR) is 129 cm³/mol. The van der Waals surface area contributed by atoms with Gasteiger partial charge in [0.15, 0.2) is 0 Å². The van der Waals surface area contributed by atoms with Crippen LogP contribution in [-0.2, 0) is 12.8 Å². The van der Waals surface area contributed by atoms with Crippen LogP contribution in [0.5, 0.6) is 5.75 Å². The van der Waals surface area contributed by atoms with Crippen LogP contribution < -0.4 is 4.74 Å². The van der Waals surface area contributed by atoms with Gasteiger partial charge >= 0.3 is 11.9 Å². The second-order valence-electron chi connectivity index (χ2n) is 7.84. The molecule has 0 aliphatic rings. The zero-order valence-electron chi connectivity index (χ0n) is 18.6. The Morgan fingerprint density at radius 3 is 2.00 bits per heavy atom. The minimum Gasteiger partial charge on any atom is -0.493 e. The number of carboxylic acid groups (broad SMARTS) is 2. The monoisotopic (exact) mass is 444 g/mol. The topological polar surface area (TPSA) is 83.8 Å².